The number of aromatic nitrogens is 3. The SMILES string of the molecule is Cc1ccc(-c2nnc(SCC(=O)c3ccccc3Cl)n2-c2ccc(Cl)cc2)cc1. The quantitative estimate of drug-likeness (QED) is 0.246. The Balaban J connectivity index is 1.69. The Bertz CT molecular complexity index is 1190. The lowest BCUT2D eigenvalue weighted by atomic mass is 10.1. The summed E-state index contributed by atoms with van der Waals surface area (Å²) in [5.74, 6) is 0.835. The van der Waals surface area contributed by atoms with Gasteiger partial charge in [0.1, 0.15) is 0 Å². The van der Waals surface area contributed by atoms with Gasteiger partial charge in [-0.05, 0) is 43.3 Å². The van der Waals surface area contributed by atoms with Crippen LogP contribution in [0.1, 0.15) is 15.9 Å². The van der Waals surface area contributed by atoms with Gasteiger partial charge in [0, 0.05) is 21.8 Å². The zero-order valence-corrected chi connectivity index (χ0v) is 18.4. The van der Waals surface area contributed by atoms with Gasteiger partial charge < -0.3 is 0 Å². The number of Topliss-reactive ketones (excluding diaryl/α,β-unsaturated/α-hetero) is 1. The van der Waals surface area contributed by atoms with Crippen molar-refractivity contribution in [3.63, 3.8) is 0 Å². The van der Waals surface area contributed by atoms with Crippen LogP contribution < -0.4 is 0 Å². The van der Waals surface area contributed by atoms with Crippen molar-refractivity contribution in [3.8, 4) is 17.1 Å². The molecule has 0 saturated carbocycles. The third kappa shape index (κ3) is 4.43. The standard InChI is InChI=1S/C23H17Cl2N3OS/c1-15-6-8-16(9-7-15)22-26-27-23(28(22)18-12-10-17(24)11-13-18)30-14-21(29)19-4-2-3-5-20(19)25/h2-13H,14H2,1H3. The number of thioether (sulfide) groups is 1. The van der Waals surface area contributed by atoms with Crippen LogP contribution in [0.2, 0.25) is 10.0 Å². The molecule has 0 unspecified atom stereocenters. The predicted molar refractivity (Wildman–Crippen MR) is 123 cm³/mol. The summed E-state index contributed by atoms with van der Waals surface area (Å²) in [4.78, 5) is 12.7. The van der Waals surface area contributed by atoms with E-state index in [0.717, 1.165) is 16.8 Å². The molecule has 1 aromatic heterocycles. The zero-order chi connectivity index (χ0) is 21.1. The average Bonchev–Trinajstić information content (AvgIpc) is 3.17. The van der Waals surface area contributed by atoms with Crippen LogP contribution in [0, 0.1) is 6.92 Å². The van der Waals surface area contributed by atoms with Crippen molar-refractivity contribution in [2.75, 3.05) is 5.75 Å². The van der Waals surface area contributed by atoms with E-state index in [2.05, 4.69) is 10.2 Å². The summed E-state index contributed by atoms with van der Waals surface area (Å²) in [6, 6.07) is 22.6. The highest BCUT2D eigenvalue weighted by Crippen LogP contribution is 2.29. The minimum Gasteiger partial charge on any atom is -0.293 e. The normalized spacial score (nSPS) is 10.9. The number of rotatable bonds is 6. The fraction of sp³-hybridized carbons (Fsp3) is 0.0870. The van der Waals surface area contributed by atoms with Crippen molar-refractivity contribution in [3.05, 3.63) is 94.0 Å². The summed E-state index contributed by atoms with van der Waals surface area (Å²) in [5, 5.41) is 10.5. The molecular formula is C23H17Cl2N3OS. The summed E-state index contributed by atoms with van der Waals surface area (Å²) in [6.07, 6.45) is 0. The molecule has 0 aliphatic heterocycles. The largest absolute Gasteiger partial charge is 0.293 e. The smallest absolute Gasteiger partial charge is 0.196 e. The lowest BCUT2D eigenvalue weighted by Crippen LogP contribution is -2.05. The fourth-order valence-electron chi connectivity index (χ4n) is 2.97. The maximum Gasteiger partial charge on any atom is 0.196 e. The molecule has 0 atom stereocenters. The fourth-order valence-corrected chi connectivity index (χ4v) is 4.17. The van der Waals surface area contributed by atoms with E-state index in [9.17, 15) is 4.79 Å². The van der Waals surface area contributed by atoms with Gasteiger partial charge in [-0.25, -0.2) is 0 Å². The van der Waals surface area contributed by atoms with Gasteiger partial charge in [0.15, 0.2) is 16.8 Å². The summed E-state index contributed by atoms with van der Waals surface area (Å²) in [5.41, 5.74) is 3.47. The van der Waals surface area contributed by atoms with Gasteiger partial charge in [0.05, 0.1) is 10.8 Å². The van der Waals surface area contributed by atoms with Crippen LogP contribution in [-0.2, 0) is 0 Å². The van der Waals surface area contributed by atoms with Crippen molar-refractivity contribution in [1.29, 1.82) is 0 Å². The van der Waals surface area contributed by atoms with Gasteiger partial charge in [0.2, 0.25) is 0 Å². The molecule has 1 heterocycles. The van der Waals surface area contributed by atoms with Crippen molar-refractivity contribution in [2.45, 2.75) is 12.1 Å². The predicted octanol–water partition coefficient (Wildman–Crippen LogP) is 6.52. The molecule has 4 rings (SSSR count). The minimum absolute atomic E-state index is 0.0619. The van der Waals surface area contributed by atoms with E-state index in [0.29, 0.717) is 26.6 Å². The Morgan fingerprint density at radius 3 is 2.33 bits per heavy atom. The number of hydrogen-bond acceptors (Lipinski definition) is 4. The van der Waals surface area contributed by atoms with Crippen LogP contribution in [-0.4, -0.2) is 26.3 Å². The topological polar surface area (TPSA) is 47.8 Å². The molecule has 30 heavy (non-hydrogen) atoms. The molecule has 4 aromatic rings. The Labute approximate surface area is 188 Å². The molecule has 0 bridgehead atoms. The highest BCUT2D eigenvalue weighted by Gasteiger charge is 2.18. The molecular weight excluding hydrogens is 437 g/mol. The lowest BCUT2D eigenvalue weighted by molar-refractivity contribution is 0.102. The number of ketones is 1. The molecule has 0 amide bonds. The van der Waals surface area contributed by atoms with E-state index >= 15 is 0 Å². The second-order valence-electron chi connectivity index (χ2n) is 6.68. The molecule has 0 N–H and O–H groups in total. The molecule has 3 aromatic carbocycles. The lowest BCUT2D eigenvalue weighted by Gasteiger charge is -2.11. The third-order valence-electron chi connectivity index (χ3n) is 4.53. The molecule has 0 spiro atoms. The van der Waals surface area contributed by atoms with Gasteiger partial charge in [-0.3, -0.25) is 9.36 Å². The number of hydrogen-bond donors (Lipinski definition) is 0. The van der Waals surface area contributed by atoms with Crippen LogP contribution in [0.25, 0.3) is 17.1 Å². The van der Waals surface area contributed by atoms with Gasteiger partial charge in [0.25, 0.3) is 0 Å². The summed E-state index contributed by atoms with van der Waals surface area (Å²) >= 11 is 13.6. The van der Waals surface area contributed by atoms with Gasteiger partial charge in [-0.2, -0.15) is 0 Å². The molecule has 0 saturated heterocycles. The van der Waals surface area contributed by atoms with Crippen LogP contribution in [0.15, 0.2) is 78.0 Å². The van der Waals surface area contributed by atoms with Crippen molar-refractivity contribution < 1.29 is 4.79 Å². The van der Waals surface area contributed by atoms with E-state index in [4.69, 9.17) is 23.2 Å². The molecule has 0 aliphatic carbocycles. The Kier molecular flexibility index (Phi) is 6.23. The van der Waals surface area contributed by atoms with Crippen molar-refractivity contribution in [2.24, 2.45) is 0 Å². The second kappa shape index (κ2) is 9.04. The van der Waals surface area contributed by atoms with Crippen LogP contribution >= 0.6 is 35.0 Å². The van der Waals surface area contributed by atoms with Crippen LogP contribution in [0.5, 0.6) is 0 Å². The maximum atomic E-state index is 12.7. The van der Waals surface area contributed by atoms with Crippen LogP contribution in [0.4, 0.5) is 0 Å². The summed E-state index contributed by atoms with van der Waals surface area (Å²) in [6.45, 7) is 2.04. The Morgan fingerprint density at radius 1 is 0.933 bits per heavy atom. The molecule has 7 heteroatoms. The van der Waals surface area contributed by atoms with Crippen molar-refractivity contribution in [1.82, 2.24) is 14.8 Å². The van der Waals surface area contributed by atoms with E-state index in [1.54, 1.807) is 24.3 Å². The molecule has 4 nitrogen and oxygen atoms in total. The van der Waals surface area contributed by atoms with Crippen LogP contribution in [0.3, 0.4) is 0 Å². The molecule has 0 fully saturated rings. The van der Waals surface area contributed by atoms with E-state index in [1.807, 2.05) is 60.0 Å². The first-order chi connectivity index (χ1) is 14.5. The highest BCUT2D eigenvalue weighted by atomic mass is 35.5. The zero-order valence-electron chi connectivity index (χ0n) is 16.0. The Morgan fingerprint density at radius 2 is 1.63 bits per heavy atom. The third-order valence-corrected chi connectivity index (χ3v) is 6.05. The van der Waals surface area contributed by atoms with Gasteiger partial charge in [-0.15, -0.1) is 10.2 Å². The molecule has 0 radical (unpaired) electrons. The van der Waals surface area contributed by atoms with Gasteiger partial charge in [-0.1, -0.05) is 76.9 Å². The molecule has 0 aliphatic rings. The summed E-state index contributed by atoms with van der Waals surface area (Å²) < 4.78 is 1.94. The maximum absolute atomic E-state index is 12.7. The molecule has 150 valence electrons. The minimum atomic E-state index is -0.0619. The van der Waals surface area contributed by atoms with Gasteiger partial charge >= 0.3 is 0 Å². The Hall–Kier alpha value is -2.60. The number of nitrogens with zero attached hydrogens (tertiary/aromatic N) is 3. The first-order valence-electron chi connectivity index (χ1n) is 9.22. The second-order valence-corrected chi connectivity index (χ2v) is 8.46. The monoisotopic (exact) mass is 453 g/mol. The average molecular weight is 454 g/mol. The van der Waals surface area contributed by atoms with Crippen molar-refractivity contribution >= 4 is 40.7 Å². The number of carbonyl (C=O) groups is 1. The number of aryl methyl sites for hydroxylation is 1. The number of benzene rings is 3. The van der Waals surface area contributed by atoms with E-state index < -0.39 is 0 Å². The number of carbonyl (C=O) groups excluding carboxylic acids is 1. The van der Waals surface area contributed by atoms with E-state index in [-0.39, 0.29) is 11.5 Å². The first kappa shape index (κ1) is 20.7. The highest BCUT2D eigenvalue weighted by molar-refractivity contribution is 7.99. The first-order valence-corrected chi connectivity index (χ1v) is 11.0. The number of halogens is 2. The van der Waals surface area contributed by atoms with E-state index in [1.165, 1.54) is 11.8 Å². The summed E-state index contributed by atoms with van der Waals surface area (Å²) in [7, 11) is 0.